The van der Waals surface area contributed by atoms with Crippen LogP contribution in [0, 0.1) is 0 Å². The molecule has 17 heavy (non-hydrogen) atoms. The zero-order valence-electron chi connectivity index (χ0n) is 10.1. The van der Waals surface area contributed by atoms with E-state index in [2.05, 4.69) is 45.2 Å². The van der Waals surface area contributed by atoms with Gasteiger partial charge in [0.1, 0.15) is 0 Å². The number of morpholine rings is 1. The van der Waals surface area contributed by atoms with Crippen molar-refractivity contribution in [3.63, 3.8) is 0 Å². The van der Waals surface area contributed by atoms with Gasteiger partial charge in [-0.05, 0) is 34.6 Å². The van der Waals surface area contributed by atoms with Crippen LogP contribution in [0.2, 0.25) is 0 Å². The number of hydrogen-bond acceptors (Lipinski definition) is 4. The first kappa shape index (κ1) is 13.5. The number of nitrogens with zero attached hydrogens (tertiary/aromatic N) is 1. The van der Waals surface area contributed by atoms with E-state index in [4.69, 9.17) is 4.74 Å². The van der Waals surface area contributed by atoms with E-state index in [1.54, 1.807) is 0 Å². The molecular weight excluding hydrogens is 300 g/mol. The Morgan fingerprint density at radius 1 is 1.59 bits per heavy atom. The molecule has 1 aromatic heterocycles. The normalized spacial score (nSPS) is 21.9. The van der Waals surface area contributed by atoms with Gasteiger partial charge in [-0.1, -0.05) is 6.92 Å². The third-order valence-electron chi connectivity index (χ3n) is 2.97. The Morgan fingerprint density at radius 3 is 3.18 bits per heavy atom. The van der Waals surface area contributed by atoms with E-state index >= 15 is 0 Å². The SMILES string of the molecule is CCNCC1COCCN1Cc1ccc(Br)s1. The van der Waals surface area contributed by atoms with Gasteiger partial charge in [0.2, 0.25) is 0 Å². The van der Waals surface area contributed by atoms with Crippen LogP contribution in [0.25, 0.3) is 0 Å². The van der Waals surface area contributed by atoms with Gasteiger partial charge in [0.05, 0.1) is 17.0 Å². The van der Waals surface area contributed by atoms with Crippen LogP contribution < -0.4 is 5.32 Å². The summed E-state index contributed by atoms with van der Waals surface area (Å²) in [4.78, 5) is 3.94. The lowest BCUT2D eigenvalue weighted by molar-refractivity contribution is -0.0103. The second-order valence-electron chi connectivity index (χ2n) is 4.21. The molecule has 0 aromatic carbocycles. The lowest BCUT2D eigenvalue weighted by atomic mass is 10.2. The standard InChI is InChI=1S/C12H19BrN2OS/c1-2-14-7-10-9-16-6-5-15(10)8-11-3-4-12(13)17-11/h3-4,10,14H,2,5-9H2,1H3. The van der Waals surface area contributed by atoms with Crippen LogP contribution >= 0.6 is 27.3 Å². The number of thiophene rings is 1. The van der Waals surface area contributed by atoms with Crippen molar-refractivity contribution in [2.45, 2.75) is 19.5 Å². The van der Waals surface area contributed by atoms with E-state index in [-0.39, 0.29) is 0 Å². The Hall–Kier alpha value is 0.0600. The van der Waals surface area contributed by atoms with Crippen LogP contribution in [0.4, 0.5) is 0 Å². The summed E-state index contributed by atoms with van der Waals surface area (Å²) in [6.45, 7) is 7.96. The highest BCUT2D eigenvalue weighted by atomic mass is 79.9. The van der Waals surface area contributed by atoms with Crippen molar-refractivity contribution in [1.82, 2.24) is 10.2 Å². The molecule has 5 heteroatoms. The van der Waals surface area contributed by atoms with E-state index in [9.17, 15) is 0 Å². The van der Waals surface area contributed by atoms with Crippen LogP contribution in [-0.2, 0) is 11.3 Å². The minimum Gasteiger partial charge on any atom is -0.378 e. The molecule has 0 radical (unpaired) electrons. The third-order valence-corrected chi connectivity index (χ3v) is 4.58. The van der Waals surface area contributed by atoms with Crippen LogP contribution in [0.1, 0.15) is 11.8 Å². The fourth-order valence-corrected chi connectivity index (χ4v) is 3.54. The molecular formula is C12H19BrN2OS. The summed E-state index contributed by atoms with van der Waals surface area (Å²) < 4.78 is 6.78. The number of hydrogen-bond donors (Lipinski definition) is 1. The zero-order chi connectivity index (χ0) is 12.1. The van der Waals surface area contributed by atoms with Crippen molar-refractivity contribution in [2.75, 3.05) is 32.8 Å². The molecule has 2 rings (SSSR count). The third kappa shape index (κ3) is 4.03. The summed E-state index contributed by atoms with van der Waals surface area (Å²) in [7, 11) is 0. The quantitative estimate of drug-likeness (QED) is 0.901. The summed E-state index contributed by atoms with van der Waals surface area (Å²) in [6.07, 6.45) is 0. The van der Waals surface area contributed by atoms with Crippen molar-refractivity contribution in [2.24, 2.45) is 0 Å². The van der Waals surface area contributed by atoms with Crippen molar-refractivity contribution in [3.8, 4) is 0 Å². The van der Waals surface area contributed by atoms with Gasteiger partial charge < -0.3 is 10.1 Å². The monoisotopic (exact) mass is 318 g/mol. The van der Waals surface area contributed by atoms with E-state index in [1.165, 1.54) is 8.66 Å². The fourth-order valence-electron chi connectivity index (χ4n) is 2.03. The highest BCUT2D eigenvalue weighted by Crippen LogP contribution is 2.24. The van der Waals surface area contributed by atoms with Crippen LogP contribution in [0.3, 0.4) is 0 Å². The van der Waals surface area contributed by atoms with E-state index in [0.717, 1.165) is 39.4 Å². The van der Waals surface area contributed by atoms with Gasteiger partial charge in [0.25, 0.3) is 0 Å². The summed E-state index contributed by atoms with van der Waals surface area (Å²) in [5.74, 6) is 0. The molecule has 0 spiro atoms. The first-order chi connectivity index (χ1) is 8.29. The molecule has 2 heterocycles. The Bertz CT molecular complexity index is 345. The lowest BCUT2D eigenvalue weighted by Crippen LogP contribution is -2.49. The van der Waals surface area contributed by atoms with Crippen LogP contribution in [0.5, 0.6) is 0 Å². The molecule has 1 aliphatic rings. The lowest BCUT2D eigenvalue weighted by Gasteiger charge is -2.35. The predicted molar refractivity (Wildman–Crippen MR) is 75.6 cm³/mol. The van der Waals surface area contributed by atoms with Gasteiger partial charge in [-0.3, -0.25) is 4.90 Å². The molecule has 1 fully saturated rings. The van der Waals surface area contributed by atoms with Crippen molar-refractivity contribution in [3.05, 3.63) is 20.8 Å². The van der Waals surface area contributed by atoms with E-state index in [1.807, 2.05) is 11.3 Å². The van der Waals surface area contributed by atoms with Gasteiger partial charge in [-0.15, -0.1) is 11.3 Å². The Morgan fingerprint density at radius 2 is 2.47 bits per heavy atom. The molecule has 1 unspecified atom stereocenters. The molecule has 3 nitrogen and oxygen atoms in total. The van der Waals surface area contributed by atoms with E-state index in [0.29, 0.717) is 6.04 Å². The Balaban J connectivity index is 1.91. The zero-order valence-corrected chi connectivity index (χ0v) is 12.5. The number of rotatable bonds is 5. The minimum atomic E-state index is 0.504. The molecule has 1 aliphatic heterocycles. The number of likely N-dealkylation sites (N-methyl/N-ethyl adjacent to an activating group) is 1. The first-order valence-corrected chi connectivity index (χ1v) is 7.67. The largest absolute Gasteiger partial charge is 0.378 e. The summed E-state index contributed by atoms with van der Waals surface area (Å²) >= 11 is 5.34. The predicted octanol–water partition coefficient (Wildman–Crippen LogP) is 2.32. The van der Waals surface area contributed by atoms with Crippen molar-refractivity contribution in [1.29, 1.82) is 0 Å². The maximum atomic E-state index is 5.56. The first-order valence-electron chi connectivity index (χ1n) is 6.06. The van der Waals surface area contributed by atoms with Gasteiger partial charge in [0.15, 0.2) is 0 Å². The second kappa shape index (κ2) is 6.85. The smallest absolute Gasteiger partial charge is 0.0701 e. The molecule has 1 saturated heterocycles. The van der Waals surface area contributed by atoms with Crippen molar-refractivity contribution < 1.29 is 4.74 Å². The Kier molecular flexibility index (Phi) is 5.44. The fraction of sp³-hybridized carbons (Fsp3) is 0.667. The molecule has 0 aliphatic carbocycles. The molecule has 1 aromatic rings. The average Bonchev–Trinajstić information content (AvgIpc) is 2.74. The van der Waals surface area contributed by atoms with Gasteiger partial charge in [-0.2, -0.15) is 0 Å². The molecule has 0 saturated carbocycles. The number of halogens is 1. The van der Waals surface area contributed by atoms with Crippen LogP contribution in [-0.4, -0.2) is 43.8 Å². The number of ether oxygens (including phenoxy) is 1. The summed E-state index contributed by atoms with van der Waals surface area (Å²) in [6, 6.07) is 4.83. The molecule has 0 amide bonds. The molecule has 1 N–H and O–H groups in total. The maximum Gasteiger partial charge on any atom is 0.0701 e. The second-order valence-corrected chi connectivity index (χ2v) is 6.76. The Labute approximate surface area is 115 Å². The van der Waals surface area contributed by atoms with Gasteiger partial charge in [-0.25, -0.2) is 0 Å². The van der Waals surface area contributed by atoms with Crippen molar-refractivity contribution >= 4 is 27.3 Å². The topological polar surface area (TPSA) is 24.5 Å². The summed E-state index contributed by atoms with van der Waals surface area (Å²) in [5.41, 5.74) is 0. The molecule has 0 bridgehead atoms. The average molecular weight is 319 g/mol. The van der Waals surface area contributed by atoms with Crippen LogP contribution in [0.15, 0.2) is 15.9 Å². The number of nitrogens with one attached hydrogen (secondary N) is 1. The highest BCUT2D eigenvalue weighted by molar-refractivity contribution is 9.11. The minimum absolute atomic E-state index is 0.504. The molecule has 96 valence electrons. The highest BCUT2D eigenvalue weighted by Gasteiger charge is 2.22. The maximum absolute atomic E-state index is 5.56. The van der Waals surface area contributed by atoms with Gasteiger partial charge >= 0.3 is 0 Å². The summed E-state index contributed by atoms with van der Waals surface area (Å²) in [5, 5.41) is 3.41. The molecule has 1 atom stereocenters. The van der Waals surface area contributed by atoms with E-state index < -0.39 is 0 Å². The van der Waals surface area contributed by atoms with Gasteiger partial charge in [0, 0.05) is 30.6 Å².